The normalized spacial score (nSPS) is 27.0. The Morgan fingerprint density at radius 1 is 1.15 bits per heavy atom. The molecule has 120 valence electrons. The number of ether oxygens (including phenoxy) is 2. The maximum atomic E-state index is 8.99. The Labute approximate surface area is 124 Å². The van der Waals surface area contributed by atoms with E-state index < -0.39 is 14.1 Å². The van der Waals surface area contributed by atoms with Crippen molar-refractivity contribution in [2.45, 2.75) is 83.6 Å². The van der Waals surface area contributed by atoms with Crippen LogP contribution in [0.15, 0.2) is 0 Å². The summed E-state index contributed by atoms with van der Waals surface area (Å²) in [7, 11) is -1.76. The Morgan fingerprint density at radius 2 is 1.70 bits per heavy atom. The van der Waals surface area contributed by atoms with Crippen LogP contribution in [0.4, 0.5) is 0 Å². The first-order chi connectivity index (χ1) is 8.98. The highest BCUT2D eigenvalue weighted by atomic mass is 28.4. The molecule has 1 aliphatic rings. The largest absolute Gasteiger partial charge is 0.414 e. The van der Waals surface area contributed by atoms with Gasteiger partial charge in [-0.15, -0.1) is 0 Å². The zero-order valence-corrected chi connectivity index (χ0v) is 15.2. The predicted octanol–water partition coefficient (Wildman–Crippen LogP) is 3.30. The van der Waals surface area contributed by atoms with E-state index in [2.05, 4.69) is 33.9 Å². The third kappa shape index (κ3) is 4.81. The Balaban J connectivity index is 2.60. The quantitative estimate of drug-likeness (QED) is 0.765. The van der Waals surface area contributed by atoms with Gasteiger partial charge in [0.25, 0.3) is 0 Å². The lowest BCUT2D eigenvalue weighted by Gasteiger charge is -2.37. The minimum Gasteiger partial charge on any atom is -0.414 e. The first kappa shape index (κ1) is 18.1. The second-order valence-corrected chi connectivity index (χ2v) is 12.5. The zero-order chi connectivity index (χ0) is 15.6. The summed E-state index contributed by atoms with van der Waals surface area (Å²) in [5.74, 6) is -0.554. The van der Waals surface area contributed by atoms with E-state index in [9.17, 15) is 0 Å². The van der Waals surface area contributed by atoms with Gasteiger partial charge in [0.1, 0.15) is 6.10 Å². The van der Waals surface area contributed by atoms with Crippen molar-refractivity contribution >= 4 is 8.32 Å². The van der Waals surface area contributed by atoms with Crippen LogP contribution < -0.4 is 0 Å². The standard InChI is InChI=1S/C15H32O4Si/c1-14(2,3)20(6,7)17-11-13-12(9-8-10-16)18-15(4,5)19-13/h12-13,16H,8-11H2,1-7H3/t12-,13+/m1/s1. The highest BCUT2D eigenvalue weighted by Crippen LogP contribution is 2.38. The van der Waals surface area contributed by atoms with E-state index in [0.29, 0.717) is 6.61 Å². The van der Waals surface area contributed by atoms with Crippen LogP contribution in [0.3, 0.4) is 0 Å². The summed E-state index contributed by atoms with van der Waals surface area (Å²) in [5.41, 5.74) is 0. The SMILES string of the molecule is CC1(C)O[C@@H](CO[Si](C)(C)C(C)(C)C)[C@@H](CCCO)O1. The van der Waals surface area contributed by atoms with Gasteiger partial charge in [0, 0.05) is 6.61 Å². The molecule has 1 rings (SSSR count). The van der Waals surface area contributed by atoms with E-state index in [1.807, 2.05) is 13.8 Å². The monoisotopic (exact) mass is 304 g/mol. The molecular weight excluding hydrogens is 272 g/mol. The molecule has 2 atom stereocenters. The second kappa shape index (κ2) is 6.44. The van der Waals surface area contributed by atoms with E-state index in [0.717, 1.165) is 12.8 Å². The predicted molar refractivity (Wildman–Crippen MR) is 83.3 cm³/mol. The van der Waals surface area contributed by atoms with Crippen molar-refractivity contribution in [1.29, 1.82) is 0 Å². The molecule has 0 saturated carbocycles. The lowest BCUT2D eigenvalue weighted by Crippen LogP contribution is -2.44. The molecule has 4 nitrogen and oxygen atoms in total. The number of hydrogen-bond acceptors (Lipinski definition) is 4. The van der Waals surface area contributed by atoms with E-state index >= 15 is 0 Å². The molecule has 1 heterocycles. The molecule has 0 amide bonds. The molecular formula is C15H32O4Si. The van der Waals surface area contributed by atoms with Crippen molar-refractivity contribution in [3.05, 3.63) is 0 Å². The van der Waals surface area contributed by atoms with Crippen molar-refractivity contribution in [1.82, 2.24) is 0 Å². The second-order valence-electron chi connectivity index (χ2n) is 7.65. The first-order valence-electron chi connectivity index (χ1n) is 7.59. The number of rotatable bonds is 6. The molecule has 0 unspecified atom stereocenters. The molecule has 0 aromatic heterocycles. The van der Waals surface area contributed by atoms with Gasteiger partial charge < -0.3 is 19.0 Å². The molecule has 0 spiro atoms. The molecule has 0 aromatic carbocycles. The van der Waals surface area contributed by atoms with Crippen LogP contribution in [0.2, 0.25) is 18.1 Å². The third-order valence-electron chi connectivity index (χ3n) is 4.35. The fraction of sp³-hybridized carbons (Fsp3) is 1.00. The lowest BCUT2D eigenvalue weighted by molar-refractivity contribution is -0.149. The average molecular weight is 305 g/mol. The highest BCUT2D eigenvalue weighted by molar-refractivity contribution is 6.74. The molecule has 1 aliphatic heterocycles. The van der Waals surface area contributed by atoms with Gasteiger partial charge in [-0.1, -0.05) is 20.8 Å². The van der Waals surface area contributed by atoms with Gasteiger partial charge in [-0.3, -0.25) is 0 Å². The molecule has 0 aromatic rings. The summed E-state index contributed by atoms with van der Waals surface area (Å²) in [6, 6.07) is 0. The highest BCUT2D eigenvalue weighted by Gasteiger charge is 2.43. The fourth-order valence-electron chi connectivity index (χ4n) is 2.09. The van der Waals surface area contributed by atoms with Gasteiger partial charge in [-0.25, -0.2) is 0 Å². The summed E-state index contributed by atoms with van der Waals surface area (Å²) in [4.78, 5) is 0. The Kier molecular flexibility index (Phi) is 5.83. The number of hydrogen-bond donors (Lipinski definition) is 1. The summed E-state index contributed by atoms with van der Waals surface area (Å²) >= 11 is 0. The van der Waals surface area contributed by atoms with Crippen LogP contribution in [0, 0.1) is 0 Å². The van der Waals surface area contributed by atoms with E-state index in [1.54, 1.807) is 0 Å². The first-order valence-corrected chi connectivity index (χ1v) is 10.5. The van der Waals surface area contributed by atoms with Gasteiger partial charge in [-0.05, 0) is 44.8 Å². The maximum Gasteiger partial charge on any atom is 0.192 e. The summed E-state index contributed by atoms with van der Waals surface area (Å²) in [5, 5.41) is 9.19. The minimum absolute atomic E-state index is 0.0157. The Morgan fingerprint density at radius 3 is 2.20 bits per heavy atom. The topological polar surface area (TPSA) is 47.9 Å². The van der Waals surface area contributed by atoms with Crippen molar-refractivity contribution in [3.63, 3.8) is 0 Å². The van der Waals surface area contributed by atoms with Gasteiger partial charge in [-0.2, -0.15) is 0 Å². The average Bonchev–Trinajstić information content (AvgIpc) is 2.57. The fourth-order valence-corrected chi connectivity index (χ4v) is 3.11. The van der Waals surface area contributed by atoms with Gasteiger partial charge in [0.2, 0.25) is 0 Å². The van der Waals surface area contributed by atoms with Crippen molar-refractivity contribution in [2.24, 2.45) is 0 Å². The molecule has 20 heavy (non-hydrogen) atoms. The maximum absolute atomic E-state index is 8.99. The third-order valence-corrected chi connectivity index (χ3v) is 8.85. The zero-order valence-electron chi connectivity index (χ0n) is 14.2. The summed E-state index contributed by atoms with van der Waals surface area (Å²) in [6.07, 6.45) is 1.53. The Hall–Kier alpha value is 0.0569. The smallest absolute Gasteiger partial charge is 0.192 e. The lowest BCUT2D eigenvalue weighted by atomic mass is 10.1. The van der Waals surface area contributed by atoms with Crippen LogP contribution in [-0.2, 0) is 13.9 Å². The molecule has 0 bridgehead atoms. The summed E-state index contributed by atoms with van der Waals surface area (Å²) < 4.78 is 18.1. The number of aliphatic hydroxyl groups is 1. The molecule has 5 heteroatoms. The Bertz CT molecular complexity index is 309. The van der Waals surface area contributed by atoms with Gasteiger partial charge in [0.15, 0.2) is 14.1 Å². The van der Waals surface area contributed by atoms with Crippen LogP contribution in [-0.4, -0.2) is 44.6 Å². The van der Waals surface area contributed by atoms with Crippen molar-refractivity contribution in [2.75, 3.05) is 13.2 Å². The van der Waals surface area contributed by atoms with Crippen LogP contribution in [0.5, 0.6) is 0 Å². The number of aliphatic hydroxyl groups excluding tert-OH is 1. The summed E-state index contributed by atoms with van der Waals surface area (Å²) in [6.45, 7) is 15.8. The van der Waals surface area contributed by atoms with E-state index in [1.165, 1.54) is 0 Å². The van der Waals surface area contributed by atoms with Gasteiger partial charge >= 0.3 is 0 Å². The molecule has 1 fully saturated rings. The molecule has 0 radical (unpaired) electrons. The van der Waals surface area contributed by atoms with E-state index in [4.69, 9.17) is 19.0 Å². The van der Waals surface area contributed by atoms with Crippen molar-refractivity contribution < 1.29 is 19.0 Å². The molecule has 1 N–H and O–H groups in total. The van der Waals surface area contributed by atoms with Crippen LogP contribution in [0.1, 0.15) is 47.5 Å². The van der Waals surface area contributed by atoms with Crippen molar-refractivity contribution in [3.8, 4) is 0 Å². The van der Waals surface area contributed by atoms with Gasteiger partial charge in [0.05, 0.1) is 12.7 Å². The van der Waals surface area contributed by atoms with E-state index in [-0.39, 0.29) is 23.9 Å². The molecule has 0 aliphatic carbocycles. The molecule has 1 saturated heterocycles. The van der Waals surface area contributed by atoms with Crippen LogP contribution >= 0.6 is 0 Å². The van der Waals surface area contributed by atoms with Crippen LogP contribution in [0.25, 0.3) is 0 Å². The minimum atomic E-state index is -1.76.